The van der Waals surface area contributed by atoms with Crippen LogP contribution in [0, 0.1) is 0 Å². The van der Waals surface area contributed by atoms with Crippen molar-refractivity contribution in [3.8, 4) is 0 Å². The fraction of sp³-hybridized carbons (Fsp3) is 0.583. The van der Waals surface area contributed by atoms with Gasteiger partial charge in [-0.3, -0.25) is 4.90 Å². The van der Waals surface area contributed by atoms with Crippen LogP contribution in [-0.2, 0) is 6.54 Å². The SMILES string of the molecule is CSCCC(C)N(C)Cc1ccc(N)nc1. The molecule has 0 saturated carbocycles. The number of hydrogen-bond donors (Lipinski definition) is 1. The summed E-state index contributed by atoms with van der Waals surface area (Å²) in [7, 11) is 2.15. The van der Waals surface area contributed by atoms with Gasteiger partial charge in [0.15, 0.2) is 0 Å². The largest absolute Gasteiger partial charge is 0.384 e. The standard InChI is InChI=1S/C12H21N3S/c1-10(6-7-16-3)15(2)9-11-4-5-12(13)14-8-11/h4-5,8,10H,6-7,9H2,1-3H3,(H2,13,14). The van der Waals surface area contributed by atoms with Crippen LogP contribution in [0.2, 0.25) is 0 Å². The molecular weight excluding hydrogens is 218 g/mol. The Kier molecular flexibility index (Phi) is 5.63. The van der Waals surface area contributed by atoms with Crippen LogP contribution in [0.25, 0.3) is 0 Å². The monoisotopic (exact) mass is 239 g/mol. The van der Waals surface area contributed by atoms with Crippen molar-refractivity contribution in [2.75, 3.05) is 24.8 Å². The van der Waals surface area contributed by atoms with Crippen molar-refractivity contribution >= 4 is 17.6 Å². The van der Waals surface area contributed by atoms with Gasteiger partial charge in [0.05, 0.1) is 0 Å². The summed E-state index contributed by atoms with van der Waals surface area (Å²) in [6, 6.07) is 4.50. The molecule has 3 nitrogen and oxygen atoms in total. The number of thioether (sulfide) groups is 1. The summed E-state index contributed by atoms with van der Waals surface area (Å²) >= 11 is 1.90. The smallest absolute Gasteiger partial charge is 0.123 e. The lowest BCUT2D eigenvalue weighted by Gasteiger charge is -2.24. The summed E-state index contributed by atoms with van der Waals surface area (Å²) < 4.78 is 0. The molecule has 4 heteroatoms. The third-order valence-corrected chi connectivity index (χ3v) is 3.42. The first-order valence-corrected chi connectivity index (χ1v) is 6.92. The highest BCUT2D eigenvalue weighted by molar-refractivity contribution is 7.98. The van der Waals surface area contributed by atoms with Crippen LogP contribution in [0.3, 0.4) is 0 Å². The van der Waals surface area contributed by atoms with Gasteiger partial charge in [0.2, 0.25) is 0 Å². The Morgan fingerprint density at radius 3 is 2.81 bits per heavy atom. The van der Waals surface area contributed by atoms with E-state index in [2.05, 4.69) is 30.1 Å². The number of aromatic nitrogens is 1. The minimum absolute atomic E-state index is 0.585. The van der Waals surface area contributed by atoms with Gasteiger partial charge in [-0.15, -0.1) is 0 Å². The van der Waals surface area contributed by atoms with Crippen molar-refractivity contribution < 1.29 is 0 Å². The Morgan fingerprint density at radius 2 is 2.25 bits per heavy atom. The highest BCUT2D eigenvalue weighted by Crippen LogP contribution is 2.10. The lowest BCUT2D eigenvalue weighted by molar-refractivity contribution is 0.245. The number of nitrogens with two attached hydrogens (primary N) is 1. The summed E-state index contributed by atoms with van der Waals surface area (Å²) in [5.41, 5.74) is 6.77. The average molecular weight is 239 g/mol. The second-order valence-corrected chi connectivity index (χ2v) is 5.12. The summed E-state index contributed by atoms with van der Waals surface area (Å²) in [4.78, 5) is 6.45. The van der Waals surface area contributed by atoms with E-state index in [4.69, 9.17) is 5.73 Å². The molecule has 0 bridgehead atoms. The van der Waals surface area contributed by atoms with E-state index in [0.717, 1.165) is 6.54 Å². The van der Waals surface area contributed by atoms with Gasteiger partial charge in [-0.25, -0.2) is 4.98 Å². The van der Waals surface area contributed by atoms with Crippen LogP contribution in [-0.4, -0.2) is 35.0 Å². The molecule has 0 fully saturated rings. The Morgan fingerprint density at radius 1 is 1.50 bits per heavy atom. The van der Waals surface area contributed by atoms with E-state index in [1.54, 1.807) is 0 Å². The molecule has 0 aromatic carbocycles. The Balaban J connectivity index is 2.43. The van der Waals surface area contributed by atoms with Crippen LogP contribution < -0.4 is 5.73 Å². The number of pyridine rings is 1. The third kappa shape index (κ3) is 4.41. The molecule has 0 aliphatic rings. The molecule has 1 rings (SSSR count). The van der Waals surface area contributed by atoms with Crippen molar-refractivity contribution in [1.82, 2.24) is 9.88 Å². The minimum atomic E-state index is 0.585. The minimum Gasteiger partial charge on any atom is -0.384 e. The topological polar surface area (TPSA) is 42.1 Å². The second-order valence-electron chi connectivity index (χ2n) is 4.14. The zero-order chi connectivity index (χ0) is 12.0. The fourth-order valence-corrected chi connectivity index (χ4v) is 2.06. The van der Waals surface area contributed by atoms with Crippen LogP contribution in [0.5, 0.6) is 0 Å². The summed E-state index contributed by atoms with van der Waals surface area (Å²) in [5, 5.41) is 0. The van der Waals surface area contributed by atoms with Crippen LogP contribution in [0.15, 0.2) is 18.3 Å². The normalized spacial score (nSPS) is 13.0. The van der Waals surface area contributed by atoms with E-state index in [1.165, 1.54) is 17.7 Å². The van der Waals surface area contributed by atoms with Gasteiger partial charge in [0.1, 0.15) is 5.82 Å². The van der Waals surface area contributed by atoms with Gasteiger partial charge in [-0.1, -0.05) is 6.07 Å². The molecule has 0 amide bonds. The molecule has 0 aliphatic heterocycles. The number of nitrogen functional groups attached to an aromatic ring is 1. The van der Waals surface area contributed by atoms with Crippen molar-refractivity contribution in [1.29, 1.82) is 0 Å². The average Bonchev–Trinajstić information content (AvgIpc) is 2.29. The van der Waals surface area contributed by atoms with Gasteiger partial charge in [-0.05, 0) is 44.0 Å². The van der Waals surface area contributed by atoms with Gasteiger partial charge in [0, 0.05) is 18.8 Å². The first kappa shape index (κ1) is 13.3. The van der Waals surface area contributed by atoms with E-state index in [0.29, 0.717) is 11.9 Å². The van der Waals surface area contributed by atoms with Crippen molar-refractivity contribution in [2.24, 2.45) is 0 Å². The molecule has 1 heterocycles. The predicted octanol–water partition coefficient (Wildman–Crippen LogP) is 2.24. The first-order chi connectivity index (χ1) is 7.63. The molecule has 16 heavy (non-hydrogen) atoms. The van der Waals surface area contributed by atoms with E-state index < -0.39 is 0 Å². The predicted molar refractivity (Wildman–Crippen MR) is 72.6 cm³/mol. The maximum Gasteiger partial charge on any atom is 0.123 e. The molecule has 1 aromatic rings. The van der Waals surface area contributed by atoms with E-state index in [9.17, 15) is 0 Å². The lowest BCUT2D eigenvalue weighted by atomic mass is 10.2. The molecule has 1 unspecified atom stereocenters. The van der Waals surface area contributed by atoms with Crippen LogP contribution >= 0.6 is 11.8 Å². The first-order valence-electron chi connectivity index (χ1n) is 5.53. The quantitative estimate of drug-likeness (QED) is 0.826. The number of nitrogens with zero attached hydrogens (tertiary/aromatic N) is 2. The molecule has 1 atom stereocenters. The van der Waals surface area contributed by atoms with E-state index in [-0.39, 0.29) is 0 Å². The third-order valence-electron chi connectivity index (χ3n) is 2.77. The highest BCUT2D eigenvalue weighted by Gasteiger charge is 2.09. The van der Waals surface area contributed by atoms with Gasteiger partial charge in [-0.2, -0.15) is 11.8 Å². The van der Waals surface area contributed by atoms with Crippen molar-refractivity contribution in [3.63, 3.8) is 0 Å². The maximum absolute atomic E-state index is 5.56. The van der Waals surface area contributed by atoms with Crippen molar-refractivity contribution in [2.45, 2.75) is 25.9 Å². The molecule has 90 valence electrons. The molecule has 2 N–H and O–H groups in total. The van der Waals surface area contributed by atoms with Gasteiger partial charge in [0.25, 0.3) is 0 Å². The summed E-state index contributed by atoms with van der Waals surface area (Å²) in [6.07, 6.45) is 5.23. The number of hydrogen-bond acceptors (Lipinski definition) is 4. The summed E-state index contributed by atoms with van der Waals surface area (Å²) in [5.74, 6) is 1.80. The second kappa shape index (κ2) is 6.76. The fourth-order valence-electron chi connectivity index (χ4n) is 1.48. The zero-order valence-electron chi connectivity index (χ0n) is 10.3. The molecule has 0 radical (unpaired) electrons. The van der Waals surface area contributed by atoms with Crippen molar-refractivity contribution in [3.05, 3.63) is 23.9 Å². The Bertz CT molecular complexity index is 300. The number of anilines is 1. The Labute approximate surface area is 102 Å². The molecule has 0 aliphatic carbocycles. The number of rotatable bonds is 6. The highest BCUT2D eigenvalue weighted by atomic mass is 32.2. The molecule has 1 aromatic heterocycles. The van der Waals surface area contributed by atoms with Gasteiger partial charge < -0.3 is 5.73 Å². The van der Waals surface area contributed by atoms with E-state index in [1.807, 2.05) is 30.1 Å². The molecule has 0 saturated heterocycles. The Hall–Kier alpha value is -0.740. The lowest BCUT2D eigenvalue weighted by Crippen LogP contribution is -2.29. The van der Waals surface area contributed by atoms with Crippen LogP contribution in [0.1, 0.15) is 18.9 Å². The van der Waals surface area contributed by atoms with Crippen LogP contribution in [0.4, 0.5) is 5.82 Å². The molecular formula is C12H21N3S. The van der Waals surface area contributed by atoms with Gasteiger partial charge >= 0.3 is 0 Å². The summed E-state index contributed by atoms with van der Waals surface area (Å²) in [6.45, 7) is 3.20. The molecule has 0 spiro atoms. The zero-order valence-corrected chi connectivity index (χ0v) is 11.1. The van der Waals surface area contributed by atoms with E-state index >= 15 is 0 Å². The maximum atomic E-state index is 5.56.